The highest BCUT2D eigenvalue weighted by molar-refractivity contribution is 4.99. The molecule has 3 saturated carbocycles. The van der Waals surface area contributed by atoms with Gasteiger partial charge in [0.1, 0.15) is 0 Å². The van der Waals surface area contributed by atoms with E-state index >= 15 is 0 Å². The Labute approximate surface area is 108 Å². The van der Waals surface area contributed by atoms with Gasteiger partial charge in [-0.1, -0.05) is 40.0 Å². The Kier molecular flexibility index (Phi) is 3.04. The second-order valence-corrected chi connectivity index (χ2v) is 7.92. The molecule has 0 bridgehead atoms. The summed E-state index contributed by atoms with van der Waals surface area (Å²) in [5, 5.41) is 0. The van der Waals surface area contributed by atoms with Gasteiger partial charge in [-0.25, -0.2) is 0 Å². The molecule has 0 aromatic carbocycles. The number of hydrogen-bond donors (Lipinski definition) is 0. The van der Waals surface area contributed by atoms with Gasteiger partial charge in [-0.2, -0.15) is 0 Å². The smallest absolute Gasteiger partial charge is 0.0292 e. The van der Waals surface area contributed by atoms with E-state index in [0.29, 0.717) is 0 Å². The molecule has 5 unspecified atom stereocenters. The predicted molar refractivity (Wildman–Crippen MR) is 73.8 cm³/mol. The predicted octanol–water partition coefficient (Wildman–Crippen LogP) is 5.28. The largest absolute Gasteiger partial charge is 0.0625 e. The van der Waals surface area contributed by atoms with Crippen molar-refractivity contribution in [1.29, 1.82) is 0 Å². The molecule has 3 rings (SSSR count). The molecule has 3 aliphatic rings. The van der Waals surface area contributed by atoms with Gasteiger partial charge in [0.05, 0.1) is 0 Å². The monoisotopic (exact) mass is 234 g/mol. The summed E-state index contributed by atoms with van der Waals surface area (Å²) in [7, 11) is 0. The van der Waals surface area contributed by atoms with Crippen molar-refractivity contribution >= 4 is 0 Å². The third kappa shape index (κ3) is 1.96. The first-order valence-electron chi connectivity index (χ1n) is 8.10. The Bertz CT molecular complexity index is 282. The van der Waals surface area contributed by atoms with E-state index in [4.69, 9.17) is 0 Å². The summed E-state index contributed by atoms with van der Waals surface area (Å²) in [6.07, 6.45) is 12.3. The third-order valence-corrected chi connectivity index (χ3v) is 6.72. The van der Waals surface area contributed by atoms with Crippen LogP contribution in [0.25, 0.3) is 0 Å². The highest BCUT2D eigenvalue weighted by Crippen LogP contribution is 2.59. The quantitative estimate of drug-likeness (QED) is 0.535. The van der Waals surface area contributed by atoms with Crippen LogP contribution in [0.4, 0.5) is 0 Å². The SMILES string of the molecule is CC1CCC2C3CCCC(C)C3CC[C@]2(C)C1. The van der Waals surface area contributed by atoms with E-state index in [0.717, 1.165) is 35.0 Å². The van der Waals surface area contributed by atoms with E-state index in [2.05, 4.69) is 20.8 Å². The number of hydrogen-bond acceptors (Lipinski definition) is 0. The summed E-state index contributed by atoms with van der Waals surface area (Å²) in [5.74, 6) is 5.30. The lowest BCUT2D eigenvalue weighted by Crippen LogP contribution is -2.47. The van der Waals surface area contributed by atoms with E-state index in [1.165, 1.54) is 32.1 Å². The van der Waals surface area contributed by atoms with E-state index in [9.17, 15) is 0 Å². The first kappa shape index (κ1) is 12.1. The Hall–Kier alpha value is 0. The fourth-order valence-corrected chi connectivity index (χ4v) is 5.90. The Morgan fingerprint density at radius 2 is 1.71 bits per heavy atom. The minimum atomic E-state index is 0.718. The molecule has 0 heteroatoms. The molecule has 17 heavy (non-hydrogen) atoms. The lowest BCUT2D eigenvalue weighted by Gasteiger charge is -2.56. The van der Waals surface area contributed by atoms with Crippen LogP contribution in [0.15, 0.2) is 0 Å². The molecule has 0 N–H and O–H groups in total. The summed E-state index contributed by atoms with van der Waals surface area (Å²) in [5.41, 5.74) is 0.718. The molecule has 0 aliphatic heterocycles. The fourth-order valence-electron chi connectivity index (χ4n) is 5.90. The molecule has 0 saturated heterocycles. The second-order valence-electron chi connectivity index (χ2n) is 7.92. The van der Waals surface area contributed by atoms with Crippen LogP contribution >= 0.6 is 0 Å². The maximum absolute atomic E-state index is 2.63. The van der Waals surface area contributed by atoms with Crippen LogP contribution in [-0.2, 0) is 0 Å². The molecular formula is C17H30. The van der Waals surface area contributed by atoms with Gasteiger partial charge in [0, 0.05) is 0 Å². The van der Waals surface area contributed by atoms with Crippen molar-refractivity contribution in [3.05, 3.63) is 0 Å². The lowest BCUT2D eigenvalue weighted by molar-refractivity contribution is -0.0653. The maximum Gasteiger partial charge on any atom is -0.0292 e. The van der Waals surface area contributed by atoms with E-state index in [1.54, 1.807) is 19.3 Å². The van der Waals surface area contributed by atoms with Crippen LogP contribution in [0.5, 0.6) is 0 Å². The first-order chi connectivity index (χ1) is 8.10. The van der Waals surface area contributed by atoms with Crippen molar-refractivity contribution < 1.29 is 0 Å². The van der Waals surface area contributed by atoms with Crippen molar-refractivity contribution in [2.24, 2.45) is 35.0 Å². The second kappa shape index (κ2) is 4.28. The standard InChI is InChI=1S/C17H30/c1-12-7-8-16-15-6-4-5-13(2)14(15)9-10-17(16,3)11-12/h12-16H,4-11H2,1-3H3/t12?,13?,14?,15?,16?,17-/m1/s1. The van der Waals surface area contributed by atoms with E-state index < -0.39 is 0 Å². The fraction of sp³-hybridized carbons (Fsp3) is 1.00. The van der Waals surface area contributed by atoms with Crippen molar-refractivity contribution in [2.75, 3.05) is 0 Å². The summed E-state index contributed by atoms with van der Waals surface area (Å²) in [4.78, 5) is 0. The zero-order valence-electron chi connectivity index (χ0n) is 12.0. The van der Waals surface area contributed by atoms with Gasteiger partial charge in [-0.05, 0) is 67.1 Å². The zero-order valence-corrected chi connectivity index (χ0v) is 12.0. The Balaban J connectivity index is 1.82. The van der Waals surface area contributed by atoms with Crippen LogP contribution in [0.1, 0.15) is 72.1 Å². The summed E-state index contributed by atoms with van der Waals surface area (Å²) in [6.45, 7) is 7.64. The van der Waals surface area contributed by atoms with Crippen molar-refractivity contribution in [3.63, 3.8) is 0 Å². The van der Waals surface area contributed by atoms with Crippen molar-refractivity contribution in [3.8, 4) is 0 Å². The topological polar surface area (TPSA) is 0 Å². The van der Waals surface area contributed by atoms with Gasteiger partial charge < -0.3 is 0 Å². The molecular weight excluding hydrogens is 204 g/mol. The lowest BCUT2D eigenvalue weighted by atomic mass is 9.49. The molecule has 0 spiro atoms. The zero-order chi connectivity index (χ0) is 12.0. The van der Waals surface area contributed by atoms with E-state index in [-0.39, 0.29) is 0 Å². The summed E-state index contributed by atoms with van der Waals surface area (Å²) < 4.78 is 0. The van der Waals surface area contributed by atoms with Crippen LogP contribution in [0.3, 0.4) is 0 Å². The highest BCUT2D eigenvalue weighted by Gasteiger charge is 2.50. The first-order valence-corrected chi connectivity index (χ1v) is 8.10. The molecule has 98 valence electrons. The van der Waals surface area contributed by atoms with Crippen molar-refractivity contribution in [2.45, 2.75) is 72.1 Å². The minimum Gasteiger partial charge on any atom is -0.0625 e. The maximum atomic E-state index is 2.63. The average molecular weight is 234 g/mol. The van der Waals surface area contributed by atoms with Gasteiger partial charge in [-0.15, -0.1) is 0 Å². The number of rotatable bonds is 0. The molecule has 0 aromatic rings. The third-order valence-electron chi connectivity index (χ3n) is 6.72. The number of fused-ring (bicyclic) bond motifs is 3. The normalized spacial score (nSPS) is 54.9. The molecule has 6 atom stereocenters. The summed E-state index contributed by atoms with van der Waals surface area (Å²) in [6, 6.07) is 0. The van der Waals surface area contributed by atoms with Gasteiger partial charge >= 0.3 is 0 Å². The minimum absolute atomic E-state index is 0.718. The van der Waals surface area contributed by atoms with Gasteiger partial charge in [0.25, 0.3) is 0 Å². The van der Waals surface area contributed by atoms with Gasteiger partial charge in [-0.3, -0.25) is 0 Å². The molecule has 0 radical (unpaired) electrons. The molecule has 3 fully saturated rings. The molecule has 0 nitrogen and oxygen atoms in total. The highest BCUT2D eigenvalue weighted by atomic mass is 14.5. The summed E-state index contributed by atoms with van der Waals surface area (Å²) >= 11 is 0. The molecule has 3 aliphatic carbocycles. The van der Waals surface area contributed by atoms with Crippen LogP contribution in [-0.4, -0.2) is 0 Å². The van der Waals surface area contributed by atoms with Gasteiger partial charge in [0.15, 0.2) is 0 Å². The van der Waals surface area contributed by atoms with E-state index in [1.807, 2.05) is 0 Å². The Morgan fingerprint density at radius 1 is 0.882 bits per heavy atom. The molecule has 0 amide bonds. The molecule has 0 aromatic heterocycles. The van der Waals surface area contributed by atoms with Crippen LogP contribution in [0, 0.1) is 35.0 Å². The Morgan fingerprint density at radius 3 is 2.53 bits per heavy atom. The average Bonchev–Trinajstić information content (AvgIpc) is 2.27. The van der Waals surface area contributed by atoms with Gasteiger partial charge in [0.2, 0.25) is 0 Å². The van der Waals surface area contributed by atoms with Crippen LogP contribution < -0.4 is 0 Å². The van der Waals surface area contributed by atoms with Crippen molar-refractivity contribution in [1.82, 2.24) is 0 Å². The van der Waals surface area contributed by atoms with Crippen LogP contribution in [0.2, 0.25) is 0 Å². The molecule has 0 heterocycles.